The van der Waals surface area contributed by atoms with E-state index in [1.165, 1.54) is 23.0 Å². The summed E-state index contributed by atoms with van der Waals surface area (Å²) in [4.78, 5) is 71.5. The monoisotopic (exact) mass is 538 g/mol. The maximum atomic E-state index is 13.4. The molecule has 3 rings (SSSR count). The number of benzene rings is 1. The fourth-order valence-electron chi connectivity index (χ4n) is 4.40. The van der Waals surface area contributed by atoms with Gasteiger partial charge in [-0.1, -0.05) is 44.2 Å². The Morgan fingerprint density at radius 1 is 1.00 bits per heavy atom. The molecule has 3 atom stereocenters. The van der Waals surface area contributed by atoms with Crippen molar-refractivity contribution in [3.05, 3.63) is 59.9 Å². The van der Waals surface area contributed by atoms with Crippen LogP contribution in [0.15, 0.2) is 48.8 Å². The number of likely N-dealkylation sites (N-methyl/N-ethyl adjacent to an activating group) is 1. The average molecular weight is 539 g/mol. The number of nitrogens with one attached hydrogen (secondary N) is 4. The number of nitrogens with zero attached hydrogens (tertiary/aromatic N) is 2. The van der Waals surface area contributed by atoms with Crippen LogP contribution in [0.1, 0.15) is 43.1 Å². The van der Waals surface area contributed by atoms with Gasteiger partial charge in [0.1, 0.15) is 18.1 Å². The second kappa shape index (κ2) is 13.6. The lowest BCUT2D eigenvalue weighted by atomic mass is 10.0. The third-order valence-electron chi connectivity index (χ3n) is 6.71. The van der Waals surface area contributed by atoms with E-state index in [-0.39, 0.29) is 32.0 Å². The van der Waals surface area contributed by atoms with E-state index in [2.05, 4.69) is 20.9 Å². The van der Waals surface area contributed by atoms with E-state index in [0.29, 0.717) is 12.0 Å². The Balaban J connectivity index is 1.92. The maximum Gasteiger partial charge on any atom is 0.255 e. The molecule has 2 aromatic rings. The topological polar surface area (TPSA) is 144 Å². The van der Waals surface area contributed by atoms with Crippen molar-refractivity contribution in [1.82, 2.24) is 30.7 Å². The lowest BCUT2D eigenvalue weighted by molar-refractivity contribution is -0.142. The number of amides is 5. The molecule has 4 N–H and O–H groups in total. The third kappa shape index (κ3) is 8.17. The first-order valence-corrected chi connectivity index (χ1v) is 13.2. The predicted octanol–water partition coefficient (Wildman–Crippen LogP) is 0.692. The molecule has 5 amide bonds. The van der Waals surface area contributed by atoms with Gasteiger partial charge in [-0.3, -0.25) is 24.0 Å². The molecule has 39 heavy (non-hydrogen) atoms. The van der Waals surface area contributed by atoms with Crippen molar-refractivity contribution < 1.29 is 24.0 Å². The zero-order chi connectivity index (χ0) is 28.5. The van der Waals surface area contributed by atoms with Crippen LogP contribution in [0.4, 0.5) is 0 Å². The van der Waals surface area contributed by atoms with Crippen molar-refractivity contribution in [1.29, 1.82) is 0 Å². The van der Waals surface area contributed by atoms with Crippen LogP contribution >= 0.6 is 0 Å². The minimum atomic E-state index is -0.906. The summed E-state index contributed by atoms with van der Waals surface area (Å²) in [5.74, 6) is -2.17. The second-order valence-electron chi connectivity index (χ2n) is 10.2. The first-order valence-electron chi connectivity index (χ1n) is 13.2. The van der Waals surface area contributed by atoms with Crippen LogP contribution in [0.3, 0.4) is 0 Å². The van der Waals surface area contributed by atoms with Crippen LogP contribution in [-0.2, 0) is 25.6 Å². The van der Waals surface area contributed by atoms with Crippen molar-refractivity contribution in [3.8, 4) is 0 Å². The van der Waals surface area contributed by atoms with Gasteiger partial charge in [-0.15, -0.1) is 0 Å². The number of carbonyl (C=O) groups is 5. The van der Waals surface area contributed by atoms with E-state index >= 15 is 0 Å². The van der Waals surface area contributed by atoms with Gasteiger partial charge in [-0.25, -0.2) is 0 Å². The van der Waals surface area contributed by atoms with Crippen molar-refractivity contribution in [3.63, 3.8) is 0 Å². The highest BCUT2D eigenvalue weighted by Crippen LogP contribution is 2.12. The molecule has 0 bridgehead atoms. The van der Waals surface area contributed by atoms with Gasteiger partial charge >= 0.3 is 0 Å². The molecular weight excluding hydrogens is 500 g/mol. The Bertz CT molecular complexity index is 1150. The number of carbonyl (C=O) groups excluding carboxylic acids is 5. The summed E-state index contributed by atoms with van der Waals surface area (Å²) >= 11 is 0. The first-order chi connectivity index (χ1) is 18.6. The number of aromatic nitrogens is 1. The van der Waals surface area contributed by atoms with E-state index in [0.717, 1.165) is 5.56 Å². The number of H-pyrrole nitrogens is 1. The molecule has 11 heteroatoms. The number of rotatable bonds is 5. The molecule has 210 valence electrons. The molecule has 0 radical (unpaired) electrons. The van der Waals surface area contributed by atoms with Crippen LogP contribution < -0.4 is 16.0 Å². The highest BCUT2D eigenvalue weighted by molar-refractivity contribution is 5.98. The molecule has 1 aliphatic heterocycles. The summed E-state index contributed by atoms with van der Waals surface area (Å²) in [5, 5.41) is 8.34. The molecule has 1 fully saturated rings. The normalized spacial score (nSPS) is 22.0. The van der Waals surface area contributed by atoms with E-state index < -0.39 is 47.7 Å². The maximum absolute atomic E-state index is 13.4. The van der Waals surface area contributed by atoms with Crippen molar-refractivity contribution >= 4 is 29.5 Å². The van der Waals surface area contributed by atoms with Gasteiger partial charge in [0.15, 0.2) is 0 Å². The Morgan fingerprint density at radius 2 is 1.72 bits per heavy atom. The Morgan fingerprint density at radius 3 is 2.36 bits per heavy atom. The molecule has 1 saturated heterocycles. The van der Waals surface area contributed by atoms with Crippen LogP contribution in [0, 0.1) is 5.92 Å². The molecule has 0 spiro atoms. The lowest BCUT2D eigenvalue weighted by Gasteiger charge is -2.30. The number of aromatic amines is 1. The van der Waals surface area contributed by atoms with E-state index in [4.69, 9.17) is 0 Å². The van der Waals surface area contributed by atoms with E-state index in [1.54, 1.807) is 19.2 Å². The minimum absolute atomic E-state index is 0.0499. The fraction of sp³-hybridized carbons (Fsp3) is 0.464. The van der Waals surface area contributed by atoms with Crippen molar-refractivity contribution in [2.45, 2.75) is 51.7 Å². The fourth-order valence-corrected chi connectivity index (χ4v) is 4.40. The standard InChI is InChI=1S/C28H38N6O5/c1-18(2)14-23-28(39)33(4)19(3)25(36)32-22(15-20-8-6-5-7-9-20)26(37)30-12-13-34(17-24(35)31-23)27(38)21-10-11-29-16-21/h5-11,16,18-19,22-23,29H,12-15,17H2,1-4H3,(H,30,37)(H,31,35)(H,32,36)/t19-,22-,23-/m0/s1. The Labute approximate surface area is 228 Å². The summed E-state index contributed by atoms with van der Waals surface area (Å²) in [6, 6.07) is 8.19. The molecular formula is C28H38N6O5. The van der Waals surface area contributed by atoms with Gasteiger partial charge < -0.3 is 30.7 Å². The van der Waals surface area contributed by atoms with Crippen molar-refractivity contribution in [2.75, 3.05) is 26.7 Å². The predicted molar refractivity (Wildman–Crippen MR) is 145 cm³/mol. The highest BCUT2D eigenvalue weighted by Gasteiger charge is 2.33. The quantitative estimate of drug-likeness (QED) is 0.443. The molecule has 1 aliphatic rings. The SMILES string of the molecule is CC(C)C[C@@H]1NC(=O)CN(C(=O)c2cc[nH]c2)CCNC(=O)[C@H](Cc2ccccc2)NC(=O)[C@H](C)N(C)C1=O. The van der Waals surface area contributed by atoms with Gasteiger partial charge in [-0.2, -0.15) is 0 Å². The van der Waals surface area contributed by atoms with Gasteiger partial charge in [0.05, 0.1) is 12.1 Å². The zero-order valence-corrected chi connectivity index (χ0v) is 22.9. The largest absolute Gasteiger partial charge is 0.367 e. The van der Waals surface area contributed by atoms with Gasteiger partial charge in [0, 0.05) is 39.0 Å². The van der Waals surface area contributed by atoms with E-state index in [9.17, 15) is 24.0 Å². The molecule has 0 saturated carbocycles. The molecule has 11 nitrogen and oxygen atoms in total. The average Bonchev–Trinajstić information content (AvgIpc) is 3.45. The Hall–Kier alpha value is -4.15. The van der Waals surface area contributed by atoms with Gasteiger partial charge in [0.2, 0.25) is 23.6 Å². The van der Waals surface area contributed by atoms with Crippen LogP contribution in [0.5, 0.6) is 0 Å². The molecule has 0 unspecified atom stereocenters. The van der Waals surface area contributed by atoms with Crippen molar-refractivity contribution in [2.24, 2.45) is 5.92 Å². The highest BCUT2D eigenvalue weighted by atomic mass is 16.2. The van der Waals surface area contributed by atoms with Gasteiger partial charge in [0.25, 0.3) is 5.91 Å². The van der Waals surface area contributed by atoms with Crippen LogP contribution in [0.2, 0.25) is 0 Å². The Kier molecular flexibility index (Phi) is 10.2. The molecule has 2 heterocycles. The number of hydrogen-bond donors (Lipinski definition) is 4. The summed E-state index contributed by atoms with van der Waals surface area (Å²) in [7, 11) is 1.50. The second-order valence-corrected chi connectivity index (χ2v) is 10.2. The molecule has 1 aromatic carbocycles. The third-order valence-corrected chi connectivity index (χ3v) is 6.71. The van der Waals surface area contributed by atoms with Gasteiger partial charge in [-0.05, 0) is 30.9 Å². The minimum Gasteiger partial charge on any atom is -0.367 e. The number of hydrogen-bond acceptors (Lipinski definition) is 5. The zero-order valence-electron chi connectivity index (χ0n) is 22.9. The first kappa shape index (κ1) is 29.4. The molecule has 0 aliphatic carbocycles. The summed E-state index contributed by atoms with van der Waals surface area (Å²) < 4.78 is 0. The van der Waals surface area contributed by atoms with Crippen LogP contribution in [0.25, 0.3) is 0 Å². The summed E-state index contributed by atoms with van der Waals surface area (Å²) in [5.41, 5.74) is 1.22. The summed E-state index contributed by atoms with van der Waals surface area (Å²) in [6.45, 7) is 5.25. The molecule has 1 aromatic heterocycles. The lowest BCUT2D eigenvalue weighted by Crippen LogP contribution is -2.57. The smallest absolute Gasteiger partial charge is 0.255 e. The summed E-state index contributed by atoms with van der Waals surface area (Å²) in [6.07, 6.45) is 3.73. The van der Waals surface area contributed by atoms with Crippen LogP contribution in [-0.4, -0.2) is 89.1 Å². The van der Waals surface area contributed by atoms with E-state index in [1.807, 2.05) is 44.2 Å².